The summed E-state index contributed by atoms with van der Waals surface area (Å²) in [5.74, 6) is -1.54. The maximum Gasteiger partial charge on any atom is 0.477 e. The first-order valence-corrected chi connectivity index (χ1v) is 15.5. The number of methoxy groups -OCH3 is 1. The Morgan fingerprint density at radius 1 is 1.16 bits per heavy atom. The van der Waals surface area contributed by atoms with Crippen molar-refractivity contribution in [3.8, 4) is 17.0 Å². The van der Waals surface area contributed by atoms with Gasteiger partial charge in [-0.15, -0.1) is 0 Å². The van der Waals surface area contributed by atoms with E-state index in [1.165, 1.54) is 30.4 Å². The molecule has 0 unspecified atom stereocenters. The van der Waals surface area contributed by atoms with Gasteiger partial charge in [0, 0.05) is 36.3 Å². The highest BCUT2D eigenvalue weighted by atomic mass is 31.2. The van der Waals surface area contributed by atoms with Crippen molar-refractivity contribution in [2.45, 2.75) is 72.3 Å². The fraction of sp³-hybridized carbons (Fsp3) is 0.536. The molecule has 4 rings (SSSR count). The Kier molecular flexibility index (Phi) is 8.70. The van der Waals surface area contributed by atoms with Crippen molar-refractivity contribution >= 4 is 31.1 Å². The van der Waals surface area contributed by atoms with Crippen molar-refractivity contribution in [1.82, 2.24) is 35.1 Å². The summed E-state index contributed by atoms with van der Waals surface area (Å²) in [5, 5.41) is 17.6. The Hall–Kier alpha value is -3.98. The molecule has 3 aromatic heterocycles. The molecule has 0 radical (unpaired) electrons. The Labute approximate surface area is 265 Å². The minimum atomic E-state index is -4.30. The highest BCUT2D eigenvalue weighted by Gasteiger charge is 2.38. The molecule has 17 heteroatoms. The molecule has 0 aromatic carbocycles. The van der Waals surface area contributed by atoms with Crippen molar-refractivity contribution < 1.29 is 36.6 Å². The number of nitrogens with zero attached hydrogens (tertiary/aromatic N) is 7. The average Bonchev–Trinajstić information content (AvgIpc) is 3.69. The molecule has 1 saturated carbocycles. The first-order valence-electron chi connectivity index (χ1n) is 15.5. The second-order valence-corrected chi connectivity index (χ2v) is 13.7. The molecule has 1 fully saturated rings. The van der Waals surface area contributed by atoms with Gasteiger partial charge in [0.25, 0.3) is 11.8 Å². The number of rotatable bonds is 11. The summed E-state index contributed by atoms with van der Waals surface area (Å²) < 4.78 is 60.3. The predicted octanol–water partition coefficient (Wildman–Crippen LogP) is 3.74. The number of ether oxygens (including phenoxy) is 1. The molecular weight excluding hydrogens is 605 g/mol. The number of carbonyl (C=O) groups excluding carboxylic acids is 2. The molecule has 3 aromatic rings. The van der Waals surface area contributed by atoms with Gasteiger partial charge in [-0.1, -0.05) is 0 Å². The van der Waals surface area contributed by atoms with Gasteiger partial charge >= 0.3 is 7.82 Å². The van der Waals surface area contributed by atoms with Crippen LogP contribution in [0.15, 0.2) is 29.5 Å². The van der Waals surface area contributed by atoms with Crippen molar-refractivity contribution in [3.05, 3.63) is 35.7 Å². The summed E-state index contributed by atoms with van der Waals surface area (Å²) >= 11 is 0. The molecule has 0 saturated heterocycles. The highest BCUT2D eigenvalue weighted by molar-refractivity contribution is 7.48. The molecule has 16 nitrogen and oxygen atoms in total. The van der Waals surface area contributed by atoms with Crippen LogP contribution in [0.4, 0.5) is 11.5 Å². The number of aryl methyl sites for hydroxylation is 1. The normalized spacial score (nSPS) is 15.6. The van der Waals surface area contributed by atoms with E-state index in [9.17, 15) is 14.2 Å². The SMILES string of the molecule is [2H]C([2H])([2H])NC(=O)c1nn(COP(=O)(OC(C)(C)C)OC(C)(C)C)c(=NC(=O)C2CC2)cc1Nc1nccc(-c2cnn(C)n2)c1OC. The van der Waals surface area contributed by atoms with Crippen LogP contribution in [0.3, 0.4) is 0 Å². The molecule has 0 atom stereocenters. The van der Waals surface area contributed by atoms with Crippen LogP contribution in [0.2, 0.25) is 0 Å². The standard InChI is InChI=1S/C28H40N9O7P/c1-27(2,3)43-45(40,44-28(4,5)6)42-16-37-21(33-25(38)17-10-11-17)14-19(22(35-37)26(39)29-7)32-24-23(41-9)18(12-13-30-24)20-15-31-36(8)34-20/h12-15,17H,10-11,16H2,1-9H3,(H,29,39)(H,30,32)/i7D3. The summed E-state index contributed by atoms with van der Waals surface area (Å²) in [4.78, 5) is 36.2. The third-order valence-electron chi connectivity index (χ3n) is 5.84. The molecule has 3 heterocycles. The Morgan fingerprint density at radius 2 is 1.84 bits per heavy atom. The Bertz CT molecular complexity index is 1770. The highest BCUT2D eigenvalue weighted by Crippen LogP contribution is 2.55. The summed E-state index contributed by atoms with van der Waals surface area (Å²) in [6, 6.07) is 2.94. The molecule has 0 aliphatic heterocycles. The second-order valence-electron chi connectivity index (χ2n) is 12.1. The lowest BCUT2D eigenvalue weighted by Gasteiger charge is -2.30. The molecule has 2 amide bonds. The van der Waals surface area contributed by atoms with Gasteiger partial charge in [-0.25, -0.2) is 14.2 Å². The second kappa shape index (κ2) is 13.2. The first kappa shape index (κ1) is 29.7. The molecular formula is C28H40N9O7P. The maximum atomic E-state index is 13.8. The van der Waals surface area contributed by atoms with Gasteiger partial charge < -0.3 is 15.4 Å². The number of amides is 2. The largest absolute Gasteiger partial charge is 0.492 e. The van der Waals surface area contributed by atoms with Gasteiger partial charge in [-0.2, -0.15) is 25.1 Å². The van der Waals surface area contributed by atoms with E-state index < -0.39 is 50.2 Å². The predicted molar refractivity (Wildman–Crippen MR) is 163 cm³/mol. The summed E-state index contributed by atoms with van der Waals surface area (Å²) in [7, 11) is -1.25. The third kappa shape index (κ3) is 9.03. The number of hydrogen-bond donors (Lipinski definition) is 2. The van der Waals surface area contributed by atoms with E-state index in [2.05, 4.69) is 30.6 Å². The van der Waals surface area contributed by atoms with Crippen LogP contribution in [0.5, 0.6) is 5.75 Å². The summed E-state index contributed by atoms with van der Waals surface area (Å²) in [6.45, 7) is 6.41. The van der Waals surface area contributed by atoms with E-state index >= 15 is 0 Å². The van der Waals surface area contributed by atoms with E-state index in [0.717, 1.165) is 4.68 Å². The monoisotopic (exact) mass is 648 g/mol. The lowest BCUT2D eigenvalue weighted by Crippen LogP contribution is -2.32. The summed E-state index contributed by atoms with van der Waals surface area (Å²) in [5.41, 5.74) is -1.60. The first-order chi connectivity index (χ1) is 22.2. The topological polar surface area (TPSA) is 186 Å². The molecule has 45 heavy (non-hydrogen) atoms. The van der Waals surface area contributed by atoms with E-state index in [-0.39, 0.29) is 28.7 Å². The van der Waals surface area contributed by atoms with Gasteiger partial charge in [0.1, 0.15) is 5.69 Å². The number of carbonyl (C=O) groups is 2. The van der Waals surface area contributed by atoms with Crippen molar-refractivity contribution in [3.63, 3.8) is 0 Å². The summed E-state index contributed by atoms with van der Waals surface area (Å²) in [6.07, 6.45) is 4.29. The number of phosphoric acid groups is 1. The number of hydrogen-bond acceptors (Lipinski definition) is 12. The van der Waals surface area contributed by atoms with Crippen LogP contribution in [0.25, 0.3) is 11.3 Å². The fourth-order valence-electron chi connectivity index (χ4n) is 3.95. The van der Waals surface area contributed by atoms with Crippen LogP contribution in [-0.4, -0.2) is 66.9 Å². The van der Waals surface area contributed by atoms with E-state index in [1.54, 1.807) is 54.7 Å². The molecule has 0 spiro atoms. The van der Waals surface area contributed by atoms with Crippen LogP contribution >= 0.6 is 7.82 Å². The van der Waals surface area contributed by atoms with Crippen LogP contribution in [-0.2, 0) is 36.7 Å². The molecule has 2 N–H and O–H groups in total. The van der Waals surface area contributed by atoms with Crippen LogP contribution in [0, 0.1) is 5.92 Å². The van der Waals surface area contributed by atoms with E-state index in [0.29, 0.717) is 24.1 Å². The minimum Gasteiger partial charge on any atom is -0.492 e. The fourth-order valence-corrected chi connectivity index (χ4v) is 5.68. The lowest BCUT2D eigenvalue weighted by molar-refractivity contribution is -0.119. The van der Waals surface area contributed by atoms with Gasteiger partial charge in [-0.3, -0.25) is 23.2 Å². The molecule has 1 aliphatic carbocycles. The lowest BCUT2D eigenvalue weighted by atomic mass is 10.2. The Balaban J connectivity index is 1.86. The van der Waals surface area contributed by atoms with Gasteiger partial charge in [0.05, 0.1) is 35.8 Å². The van der Waals surface area contributed by atoms with E-state index in [4.69, 9.17) is 22.4 Å². The van der Waals surface area contributed by atoms with Crippen molar-refractivity contribution in [1.29, 1.82) is 0 Å². The minimum absolute atomic E-state index is 0.0856. The van der Waals surface area contributed by atoms with Gasteiger partial charge in [0.15, 0.2) is 29.5 Å². The number of anilines is 2. The number of nitrogens with one attached hydrogen (secondary N) is 2. The zero-order valence-corrected chi connectivity index (χ0v) is 27.3. The average molecular weight is 649 g/mol. The quantitative estimate of drug-likeness (QED) is 0.287. The molecule has 1 aliphatic rings. The van der Waals surface area contributed by atoms with Crippen molar-refractivity contribution in [2.24, 2.45) is 18.0 Å². The van der Waals surface area contributed by atoms with Gasteiger partial charge in [0.2, 0.25) is 0 Å². The molecule has 0 bridgehead atoms. The van der Waals surface area contributed by atoms with E-state index in [1.807, 2.05) is 5.32 Å². The van der Waals surface area contributed by atoms with Gasteiger partial charge in [-0.05, 0) is 60.5 Å². The zero-order chi connectivity index (χ0) is 35.7. The maximum absolute atomic E-state index is 13.8. The Morgan fingerprint density at radius 3 is 2.40 bits per heavy atom. The van der Waals surface area contributed by atoms with Crippen LogP contribution in [0.1, 0.15) is 69.0 Å². The smallest absolute Gasteiger partial charge is 0.477 e. The van der Waals surface area contributed by atoms with Crippen molar-refractivity contribution in [2.75, 3.05) is 19.4 Å². The zero-order valence-electron chi connectivity index (χ0n) is 29.4. The number of pyridine rings is 1. The number of aromatic nitrogens is 6. The van der Waals surface area contributed by atoms with Crippen LogP contribution < -0.4 is 20.9 Å². The third-order valence-corrected chi connectivity index (χ3v) is 7.81. The molecule has 244 valence electrons. The number of phosphoric ester groups is 1.